The molecule has 0 atom stereocenters. The largest absolute Gasteiger partial charge is 0.485 e. The van der Waals surface area contributed by atoms with E-state index in [-0.39, 0.29) is 23.0 Å². The molecule has 39 heavy (non-hydrogen) atoms. The lowest BCUT2D eigenvalue weighted by atomic mass is 10.0. The van der Waals surface area contributed by atoms with E-state index in [1.807, 2.05) is 4.90 Å². The highest BCUT2D eigenvalue weighted by Crippen LogP contribution is 2.34. The van der Waals surface area contributed by atoms with Gasteiger partial charge in [0.25, 0.3) is 5.91 Å². The number of hydrogen-bond donors (Lipinski definition) is 1. The number of amides is 1. The molecule has 3 heterocycles. The van der Waals surface area contributed by atoms with Crippen LogP contribution >= 0.6 is 0 Å². The van der Waals surface area contributed by atoms with Crippen molar-refractivity contribution in [3.05, 3.63) is 77.2 Å². The monoisotopic (exact) mass is 542 g/mol. The van der Waals surface area contributed by atoms with Gasteiger partial charge in [-0.1, -0.05) is 12.1 Å². The zero-order valence-electron chi connectivity index (χ0n) is 21.4. The molecule has 0 aliphatic carbocycles. The number of anilines is 1. The van der Waals surface area contributed by atoms with Crippen LogP contribution in [0.5, 0.6) is 5.75 Å². The molecular weight excluding hydrogens is 512 g/mol. The van der Waals surface area contributed by atoms with E-state index < -0.39 is 24.2 Å². The first-order valence-electron chi connectivity index (χ1n) is 13.1. The molecule has 2 aliphatic rings. The molecule has 206 valence electrons. The van der Waals surface area contributed by atoms with E-state index in [0.29, 0.717) is 23.2 Å². The Hall–Kier alpha value is -3.66. The quantitative estimate of drug-likeness (QED) is 0.401. The Kier molecular flexibility index (Phi) is 7.74. The normalized spacial score (nSPS) is 17.0. The van der Waals surface area contributed by atoms with Crippen LogP contribution in [0.3, 0.4) is 0 Å². The van der Waals surface area contributed by atoms with Gasteiger partial charge in [-0.3, -0.25) is 4.79 Å². The smallest absolute Gasteiger partial charge is 0.416 e. The van der Waals surface area contributed by atoms with Gasteiger partial charge in [-0.15, -0.1) is 0 Å². The van der Waals surface area contributed by atoms with Gasteiger partial charge in [0.2, 0.25) is 0 Å². The van der Waals surface area contributed by atoms with Crippen molar-refractivity contribution >= 4 is 11.7 Å². The van der Waals surface area contributed by atoms with Crippen LogP contribution in [0.1, 0.15) is 47.2 Å². The summed E-state index contributed by atoms with van der Waals surface area (Å²) >= 11 is 0. The van der Waals surface area contributed by atoms with Gasteiger partial charge in [0.15, 0.2) is 11.6 Å². The summed E-state index contributed by atoms with van der Waals surface area (Å²) in [6.45, 7) is 3.26. The molecule has 6 nitrogen and oxygen atoms in total. The minimum absolute atomic E-state index is 0.00330. The van der Waals surface area contributed by atoms with E-state index in [0.717, 1.165) is 56.7 Å². The molecule has 3 aromatic rings. The molecule has 5 rings (SSSR count). The third-order valence-corrected chi connectivity index (χ3v) is 7.51. The van der Waals surface area contributed by atoms with Crippen LogP contribution in [0.2, 0.25) is 0 Å². The minimum Gasteiger partial charge on any atom is -0.485 e. The molecule has 0 bridgehead atoms. The molecule has 2 saturated heterocycles. The van der Waals surface area contributed by atoms with Crippen molar-refractivity contribution in [3.8, 4) is 16.9 Å². The lowest BCUT2D eigenvalue weighted by Gasteiger charge is -2.36. The van der Waals surface area contributed by atoms with Gasteiger partial charge in [-0.2, -0.15) is 13.2 Å². The topological polar surface area (TPSA) is 71.7 Å². The maximum Gasteiger partial charge on any atom is 0.416 e. The molecule has 2 aromatic carbocycles. The van der Waals surface area contributed by atoms with Crippen molar-refractivity contribution in [2.45, 2.75) is 44.5 Å². The lowest BCUT2D eigenvalue weighted by Crippen LogP contribution is -2.45. The van der Waals surface area contributed by atoms with Crippen molar-refractivity contribution in [1.29, 1.82) is 0 Å². The van der Waals surface area contributed by atoms with Gasteiger partial charge < -0.3 is 20.3 Å². The molecule has 0 radical (unpaired) electrons. The third-order valence-electron chi connectivity index (χ3n) is 7.51. The van der Waals surface area contributed by atoms with E-state index in [9.17, 15) is 22.4 Å². The number of ether oxygens (including phenoxy) is 1. The fourth-order valence-electron chi connectivity index (χ4n) is 5.37. The van der Waals surface area contributed by atoms with E-state index in [1.54, 1.807) is 30.3 Å². The van der Waals surface area contributed by atoms with E-state index in [4.69, 9.17) is 10.5 Å². The lowest BCUT2D eigenvalue weighted by molar-refractivity contribution is -0.138. The van der Waals surface area contributed by atoms with Crippen molar-refractivity contribution < 1.29 is 27.1 Å². The third kappa shape index (κ3) is 6.16. The fourth-order valence-corrected chi connectivity index (χ4v) is 5.37. The SMILES string of the molecule is Nc1ncc(-c2ccc(C(=O)N3CCC(N4CCCC4)CC3)cc2)cc1OCc1cc(F)ccc1C(F)(F)F. The summed E-state index contributed by atoms with van der Waals surface area (Å²) < 4.78 is 59.1. The van der Waals surface area contributed by atoms with Crippen LogP contribution in [0.25, 0.3) is 11.1 Å². The van der Waals surface area contributed by atoms with Gasteiger partial charge in [0.1, 0.15) is 12.4 Å². The number of nitrogens with two attached hydrogens (primary N) is 1. The predicted molar refractivity (Wildman–Crippen MR) is 140 cm³/mol. The number of alkyl halides is 3. The van der Waals surface area contributed by atoms with Crippen molar-refractivity contribution in [1.82, 2.24) is 14.8 Å². The molecule has 0 spiro atoms. The average molecular weight is 543 g/mol. The number of benzene rings is 2. The van der Waals surface area contributed by atoms with E-state index >= 15 is 0 Å². The number of pyridine rings is 1. The van der Waals surface area contributed by atoms with Gasteiger partial charge in [0, 0.05) is 42.0 Å². The summed E-state index contributed by atoms with van der Waals surface area (Å²) in [6.07, 6.45) is 1.36. The zero-order chi connectivity index (χ0) is 27.6. The molecule has 1 aromatic heterocycles. The highest BCUT2D eigenvalue weighted by atomic mass is 19.4. The van der Waals surface area contributed by atoms with Crippen LogP contribution in [-0.2, 0) is 12.8 Å². The number of carbonyl (C=O) groups excluding carboxylic acids is 1. The number of likely N-dealkylation sites (tertiary alicyclic amines) is 2. The van der Waals surface area contributed by atoms with Crippen LogP contribution in [0.15, 0.2) is 54.7 Å². The van der Waals surface area contributed by atoms with Gasteiger partial charge in [-0.05, 0) is 80.7 Å². The number of nitrogen functional groups attached to an aromatic ring is 1. The van der Waals surface area contributed by atoms with Crippen LogP contribution in [0, 0.1) is 5.82 Å². The van der Waals surface area contributed by atoms with Gasteiger partial charge in [0.05, 0.1) is 5.56 Å². The number of rotatable bonds is 6. The summed E-state index contributed by atoms with van der Waals surface area (Å²) in [5.74, 6) is -0.734. The van der Waals surface area contributed by atoms with Gasteiger partial charge >= 0.3 is 6.18 Å². The minimum atomic E-state index is -4.65. The summed E-state index contributed by atoms with van der Waals surface area (Å²) in [7, 11) is 0. The number of nitrogens with zero attached hydrogens (tertiary/aromatic N) is 3. The molecule has 0 unspecified atom stereocenters. The predicted octanol–water partition coefficient (Wildman–Crippen LogP) is 5.77. The summed E-state index contributed by atoms with van der Waals surface area (Å²) in [4.78, 5) is 21.6. The summed E-state index contributed by atoms with van der Waals surface area (Å²) in [5.41, 5.74) is 6.50. The second kappa shape index (κ2) is 11.2. The van der Waals surface area contributed by atoms with Crippen LogP contribution < -0.4 is 10.5 Å². The Bertz CT molecular complexity index is 1320. The molecule has 2 aliphatic heterocycles. The van der Waals surface area contributed by atoms with Crippen molar-refractivity contribution in [3.63, 3.8) is 0 Å². The Labute approximate surface area is 224 Å². The zero-order valence-corrected chi connectivity index (χ0v) is 21.4. The number of halogens is 4. The molecule has 2 fully saturated rings. The first kappa shape index (κ1) is 26.9. The highest BCUT2D eigenvalue weighted by Gasteiger charge is 2.33. The van der Waals surface area contributed by atoms with E-state index in [1.165, 1.54) is 19.0 Å². The second-order valence-electron chi connectivity index (χ2n) is 10.0. The maximum absolute atomic E-state index is 13.6. The fraction of sp³-hybridized carbons (Fsp3) is 0.379. The van der Waals surface area contributed by atoms with Crippen LogP contribution in [0.4, 0.5) is 23.4 Å². The number of aromatic nitrogens is 1. The Morgan fingerprint density at radius 1 is 0.974 bits per heavy atom. The first-order valence-corrected chi connectivity index (χ1v) is 13.1. The van der Waals surface area contributed by atoms with Gasteiger partial charge in [-0.25, -0.2) is 9.37 Å². The Balaban J connectivity index is 1.25. The molecule has 1 amide bonds. The van der Waals surface area contributed by atoms with Crippen LogP contribution in [-0.4, -0.2) is 52.9 Å². The standard InChI is InChI=1S/C29H30F4N4O2/c30-23-7-8-25(29(31,32)33)22(15-23)18-39-26-16-21(17-35-27(26)34)19-3-5-20(6-4-19)28(38)37-13-9-24(10-14-37)36-11-1-2-12-36/h3-8,15-17,24H,1-2,9-14,18H2,(H2,34,35). The molecule has 0 saturated carbocycles. The molecule has 10 heteroatoms. The Morgan fingerprint density at radius 3 is 2.33 bits per heavy atom. The highest BCUT2D eigenvalue weighted by molar-refractivity contribution is 5.94. The molecule has 2 N–H and O–H groups in total. The average Bonchev–Trinajstić information content (AvgIpc) is 3.47. The van der Waals surface area contributed by atoms with Crippen molar-refractivity contribution in [2.24, 2.45) is 0 Å². The second-order valence-corrected chi connectivity index (χ2v) is 10.0. The maximum atomic E-state index is 13.6. The van der Waals surface area contributed by atoms with Crippen molar-refractivity contribution in [2.75, 3.05) is 31.9 Å². The first-order chi connectivity index (χ1) is 18.7. The molecular formula is C29H30F4N4O2. The Morgan fingerprint density at radius 2 is 1.67 bits per heavy atom. The number of piperidine rings is 1. The summed E-state index contributed by atoms with van der Waals surface area (Å²) in [6, 6.07) is 11.4. The van der Waals surface area contributed by atoms with E-state index in [2.05, 4.69) is 9.88 Å². The summed E-state index contributed by atoms with van der Waals surface area (Å²) in [5, 5.41) is 0. The number of carbonyl (C=O) groups is 1. The number of hydrogen-bond acceptors (Lipinski definition) is 5.